The number of rotatable bonds is 4. The van der Waals surface area contributed by atoms with Crippen LogP contribution >= 0.6 is 0 Å². The molecular formula is C16H19N3O2. The Hall–Kier alpha value is -2.56. The van der Waals surface area contributed by atoms with Crippen molar-refractivity contribution in [3.63, 3.8) is 0 Å². The van der Waals surface area contributed by atoms with Gasteiger partial charge >= 0.3 is 0 Å². The molecule has 0 bridgehead atoms. The number of pyridine rings is 1. The number of benzene rings is 1. The van der Waals surface area contributed by atoms with Crippen LogP contribution in [0.3, 0.4) is 0 Å². The van der Waals surface area contributed by atoms with Crippen LogP contribution < -0.4 is 10.5 Å². The normalized spacial score (nSPS) is 10.2. The Balaban J connectivity index is 2.13. The Morgan fingerprint density at radius 2 is 2.00 bits per heavy atom. The van der Waals surface area contributed by atoms with Crippen molar-refractivity contribution in [1.29, 1.82) is 0 Å². The minimum atomic E-state index is -0.0943. The summed E-state index contributed by atoms with van der Waals surface area (Å²) in [7, 11) is 3.38. The summed E-state index contributed by atoms with van der Waals surface area (Å²) in [6.07, 6.45) is 1.55. The highest BCUT2D eigenvalue weighted by Crippen LogP contribution is 2.16. The van der Waals surface area contributed by atoms with Gasteiger partial charge in [-0.05, 0) is 30.7 Å². The summed E-state index contributed by atoms with van der Waals surface area (Å²) in [5.74, 6) is 0.701. The monoisotopic (exact) mass is 285 g/mol. The van der Waals surface area contributed by atoms with E-state index in [0.717, 1.165) is 11.3 Å². The molecule has 1 aromatic heterocycles. The second-order valence-electron chi connectivity index (χ2n) is 4.91. The summed E-state index contributed by atoms with van der Waals surface area (Å²) in [6.45, 7) is 2.31. The third kappa shape index (κ3) is 3.51. The third-order valence-corrected chi connectivity index (χ3v) is 3.26. The predicted octanol–water partition coefficient (Wildman–Crippen LogP) is 2.25. The molecule has 0 radical (unpaired) electrons. The van der Waals surface area contributed by atoms with Gasteiger partial charge in [0.25, 0.3) is 5.91 Å². The van der Waals surface area contributed by atoms with Crippen LogP contribution in [0.25, 0.3) is 0 Å². The van der Waals surface area contributed by atoms with E-state index in [-0.39, 0.29) is 5.91 Å². The van der Waals surface area contributed by atoms with Gasteiger partial charge in [0.15, 0.2) is 0 Å². The summed E-state index contributed by atoms with van der Waals surface area (Å²) in [5.41, 5.74) is 8.43. The highest BCUT2D eigenvalue weighted by Gasteiger charge is 2.15. The van der Waals surface area contributed by atoms with Crippen LogP contribution in [0, 0.1) is 6.92 Å². The number of anilines is 1. The minimum absolute atomic E-state index is 0.0943. The number of aromatic nitrogens is 1. The molecule has 1 amide bonds. The third-order valence-electron chi connectivity index (χ3n) is 3.26. The second-order valence-corrected chi connectivity index (χ2v) is 4.91. The first kappa shape index (κ1) is 14.8. The number of nitrogen functional groups attached to an aromatic ring is 1. The molecule has 2 N–H and O–H groups in total. The number of aryl methyl sites for hydroxylation is 1. The lowest BCUT2D eigenvalue weighted by Crippen LogP contribution is -2.27. The molecule has 0 fully saturated rings. The van der Waals surface area contributed by atoms with Crippen molar-refractivity contribution in [2.45, 2.75) is 13.5 Å². The van der Waals surface area contributed by atoms with Gasteiger partial charge < -0.3 is 15.4 Å². The summed E-state index contributed by atoms with van der Waals surface area (Å²) < 4.78 is 5.12. The fraction of sp³-hybridized carbons (Fsp3) is 0.250. The molecule has 0 saturated heterocycles. The van der Waals surface area contributed by atoms with Crippen LogP contribution in [0.2, 0.25) is 0 Å². The van der Waals surface area contributed by atoms with Gasteiger partial charge in [-0.2, -0.15) is 0 Å². The molecule has 1 heterocycles. The van der Waals surface area contributed by atoms with Gasteiger partial charge in [0.1, 0.15) is 5.75 Å². The molecule has 0 aliphatic heterocycles. The number of hydrogen-bond acceptors (Lipinski definition) is 4. The average Bonchev–Trinajstić information content (AvgIpc) is 2.49. The standard InChI is InChI=1S/C16H19N3O2/c1-11-15(8-13(17)9-18-11)16(20)19(2)10-12-4-6-14(21-3)7-5-12/h4-9H,10,17H2,1-3H3. The van der Waals surface area contributed by atoms with Gasteiger partial charge in [0.2, 0.25) is 0 Å². The molecule has 5 heteroatoms. The molecule has 0 aliphatic rings. The SMILES string of the molecule is COc1ccc(CN(C)C(=O)c2cc(N)cnc2C)cc1. The zero-order valence-corrected chi connectivity index (χ0v) is 12.5. The minimum Gasteiger partial charge on any atom is -0.497 e. The van der Waals surface area contributed by atoms with Crippen molar-refractivity contribution in [3.05, 3.63) is 53.3 Å². The van der Waals surface area contributed by atoms with Crippen molar-refractivity contribution in [2.75, 3.05) is 19.9 Å². The van der Waals surface area contributed by atoms with Crippen LogP contribution in [0.1, 0.15) is 21.6 Å². The van der Waals surface area contributed by atoms with Crippen molar-refractivity contribution >= 4 is 11.6 Å². The summed E-state index contributed by atoms with van der Waals surface area (Å²) in [6, 6.07) is 9.29. The van der Waals surface area contributed by atoms with Crippen molar-refractivity contribution in [2.24, 2.45) is 0 Å². The highest BCUT2D eigenvalue weighted by atomic mass is 16.5. The first-order valence-electron chi connectivity index (χ1n) is 6.61. The van der Waals surface area contributed by atoms with E-state index >= 15 is 0 Å². The van der Waals surface area contributed by atoms with E-state index in [0.29, 0.717) is 23.5 Å². The number of amides is 1. The van der Waals surface area contributed by atoms with E-state index in [4.69, 9.17) is 10.5 Å². The Bertz CT molecular complexity index is 638. The topological polar surface area (TPSA) is 68.5 Å². The zero-order valence-electron chi connectivity index (χ0n) is 12.5. The first-order valence-corrected chi connectivity index (χ1v) is 6.61. The number of hydrogen-bond donors (Lipinski definition) is 1. The zero-order chi connectivity index (χ0) is 15.4. The molecule has 0 spiro atoms. The van der Waals surface area contributed by atoms with Crippen molar-refractivity contribution in [3.8, 4) is 5.75 Å². The average molecular weight is 285 g/mol. The van der Waals surface area contributed by atoms with Gasteiger partial charge in [0, 0.05) is 13.6 Å². The molecule has 2 aromatic rings. The van der Waals surface area contributed by atoms with Gasteiger partial charge in [-0.3, -0.25) is 9.78 Å². The Kier molecular flexibility index (Phi) is 4.42. The maximum absolute atomic E-state index is 12.5. The van der Waals surface area contributed by atoms with Crippen LogP contribution in [-0.4, -0.2) is 29.9 Å². The smallest absolute Gasteiger partial charge is 0.255 e. The number of nitrogens with zero attached hydrogens (tertiary/aromatic N) is 2. The highest BCUT2D eigenvalue weighted by molar-refractivity contribution is 5.95. The van der Waals surface area contributed by atoms with Crippen LogP contribution in [0.5, 0.6) is 5.75 Å². The molecule has 21 heavy (non-hydrogen) atoms. The lowest BCUT2D eigenvalue weighted by molar-refractivity contribution is 0.0784. The van der Waals surface area contributed by atoms with Crippen LogP contribution in [-0.2, 0) is 6.54 Å². The number of nitrogens with two attached hydrogens (primary N) is 1. The van der Waals surface area contributed by atoms with Gasteiger partial charge in [0.05, 0.1) is 30.3 Å². The first-order chi connectivity index (χ1) is 10.0. The lowest BCUT2D eigenvalue weighted by atomic mass is 10.1. The number of carbonyl (C=O) groups excluding carboxylic acids is 1. The van der Waals surface area contributed by atoms with E-state index < -0.39 is 0 Å². The van der Waals surface area contributed by atoms with Gasteiger partial charge in [-0.15, -0.1) is 0 Å². The van der Waals surface area contributed by atoms with Gasteiger partial charge in [-0.25, -0.2) is 0 Å². The maximum Gasteiger partial charge on any atom is 0.255 e. The lowest BCUT2D eigenvalue weighted by Gasteiger charge is -2.18. The van der Waals surface area contributed by atoms with Crippen molar-refractivity contribution in [1.82, 2.24) is 9.88 Å². The number of methoxy groups -OCH3 is 1. The van der Waals surface area contributed by atoms with E-state index in [1.807, 2.05) is 24.3 Å². The summed E-state index contributed by atoms with van der Waals surface area (Å²) >= 11 is 0. The molecule has 0 aliphatic carbocycles. The van der Waals surface area contributed by atoms with Crippen LogP contribution in [0.15, 0.2) is 36.5 Å². The molecule has 0 saturated carbocycles. The molecular weight excluding hydrogens is 266 g/mol. The van der Waals surface area contributed by atoms with Crippen LogP contribution in [0.4, 0.5) is 5.69 Å². The fourth-order valence-electron chi connectivity index (χ4n) is 2.05. The molecule has 1 aromatic carbocycles. The van der Waals surface area contributed by atoms with E-state index in [2.05, 4.69) is 4.98 Å². The van der Waals surface area contributed by atoms with E-state index in [9.17, 15) is 4.79 Å². The molecule has 110 valence electrons. The van der Waals surface area contributed by atoms with Gasteiger partial charge in [-0.1, -0.05) is 12.1 Å². The summed E-state index contributed by atoms with van der Waals surface area (Å²) in [4.78, 5) is 18.2. The Labute approximate surface area is 124 Å². The molecule has 0 atom stereocenters. The van der Waals surface area contributed by atoms with E-state index in [1.54, 1.807) is 38.2 Å². The Morgan fingerprint density at radius 1 is 1.33 bits per heavy atom. The Morgan fingerprint density at radius 3 is 2.62 bits per heavy atom. The second kappa shape index (κ2) is 6.26. The number of carbonyl (C=O) groups is 1. The van der Waals surface area contributed by atoms with E-state index in [1.165, 1.54) is 0 Å². The predicted molar refractivity (Wildman–Crippen MR) is 82.2 cm³/mol. The largest absolute Gasteiger partial charge is 0.497 e. The molecule has 2 rings (SSSR count). The quantitative estimate of drug-likeness (QED) is 0.935. The van der Waals surface area contributed by atoms with Crippen molar-refractivity contribution < 1.29 is 9.53 Å². The number of ether oxygens (including phenoxy) is 1. The molecule has 5 nitrogen and oxygen atoms in total. The summed E-state index contributed by atoms with van der Waals surface area (Å²) in [5, 5.41) is 0. The maximum atomic E-state index is 12.5. The fourth-order valence-corrected chi connectivity index (χ4v) is 2.05. The molecule has 0 unspecified atom stereocenters.